The van der Waals surface area contributed by atoms with Crippen LogP contribution in [0.1, 0.15) is 5.69 Å². The molecule has 0 saturated heterocycles. The lowest BCUT2D eigenvalue weighted by atomic mass is 10.2. The Kier molecular flexibility index (Phi) is 5.18. The number of ether oxygens (including phenoxy) is 1. The smallest absolute Gasteiger partial charge is 0.280 e. The summed E-state index contributed by atoms with van der Waals surface area (Å²) in [5.41, 5.74) is 1.96. The van der Waals surface area contributed by atoms with Crippen molar-refractivity contribution >= 4 is 11.8 Å². The summed E-state index contributed by atoms with van der Waals surface area (Å²) in [7, 11) is 1.54. The van der Waals surface area contributed by atoms with E-state index >= 15 is 0 Å². The number of hydrogen-bond acceptors (Lipinski definition) is 7. The van der Waals surface area contributed by atoms with Gasteiger partial charge in [-0.1, -0.05) is 34.6 Å². The summed E-state index contributed by atoms with van der Waals surface area (Å²) in [6, 6.07) is 14.1. The van der Waals surface area contributed by atoms with Gasteiger partial charge in [0.25, 0.3) is 5.89 Å². The minimum Gasteiger partial charge on any atom is -0.378 e. The average Bonchev–Trinajstić information content (AvgIpc) is 3.36. The number of thioether (sulfide) groups is 1. The molecule has 9 heteroatoms. The van der Waals surface area contributed by atoms with Gasteiger partial charge in [-0.05, 0) is 30.5 Å². The molecule has 0 aliphatic rings. The van der Waals surface area contributed by atoms with Gasteiger partial charge in [0.1, 0.15) is 17.2 Å². The molecule has 0 aliphatic heterocycles. The minimum absolute atomic E-state index is 0.149. The zero-order valence-electron chi connectivity index (χ0n) is 15.2. The molecular weight excluding hydrogens is 381 g/mol. The van der Waals surface area contributed by atoms with Crippen LogP contribution in [0.15, 0.2) is 57.9 Å². The molecule has 0 unspecified atom stereocenters. The Morgan fingerprint density at radius 2 is 2.04 bits per heavy atom. The molecule has 7 nitrogen and oxygen atoms in total. The highest BCUT2D eigenvalue weighted by Gasteiger charge is 2.22. The summed E-state index contributed by atoms with van der Waals surface area (Å²) < 4.78 is 26.3. The number of nitrogens with zero attached hydrogens (tertiary/aromatic N) is 5. The lowest BCUT2D eigenvalue weighted by molar-refractivity contribution is 0.179. The number of benzene rings is 2. The first-order chi connectivity index (χ1) is 13.7. The van der Waals surface area contributed by atoms with E-state index in [9.17, 15) is 4.39 Å². The molecule has 2 aromatic carbocycles. The highest BCUT2D eigenvalue weighted by molar-refractivity contribution is 7.98. The lowest BCUT2D eigenvalue weighted by Crippen LogP contribution is -2.06. The van der Waals surface area contributed by atoms with Crippen molar-refractivity contribution in [3.63, 3.8) is 0 Å². The Morgan fingerprint density at radius 1 is 1.18 bits per heavy atom. The molecule has 142 valence electrons. The molecule has 2 aromatic heterocycles. The van der Waals surface area contributed by atoms with Crippen LogP contribution >= 0.6 is 11.8 Å². The van der Waals surface area contributed by atoms with Gasteiger partial charge in [-0.2, -0.15) is 4.98 Å². The van der Waals surface area contributed by atoms with Crippen LogP contribution in [0.3, 0.4) is 0 Å². The van der Waals surface area contributed by atoms with E-state index in [2.05, 4.69) is 20.5 Å². The fraction of sp³-hybridized carbons (Fsp3) is 0.158. The normalized spacial score (nSPS) is 11.1. The number of halogens is 1. The molecule has 2 heterocycles. The monoisotopic (exact) mass is 397 g/mol. The van der Waals surface area contributed by atoms with Gasteiger partial charge in [0.2, 0.25) is 5.82 Å². The van der Waals surface area contributed by atoms with E-state index in [1.807, 2.05) is 30.5 Å². The third-order valence-electron chi connectivity index (χ3n) is 4.08. The van der Waals surface area contributed by atoms with Gasteiger partial charge in [-0.3, -0.25) is 0 Å². The van der Waals surface area contributed by atoms with E-state index in [0.717, 1.165) is 10.5 Å². The molecule has 0 saturated carbocycles. The third kappa shape index (κ3) is 3.41. The molecule has 0 amide bonds. The second-order valence-corrected chi connectivity index (χ2v) is 6.72. The maximum absolute atomic E-state index is 14.2. The third-order valence-corrected chi connectivity index (χ3v) is 4.81. The van der Waals surface area contributed by atoms with E-state index in [-0.39, 0.29) is 18.2 Å². The Labute approximate surface area is 164 Å². The second kappa shape index (κ2) is 7.91. The Balaban J connectivity index is 1.76. The second-order valence-electron chi connectivity index (χ2n) is 5.84. The number of rotatable bonds is 6. The number of para-hydroxylation sites is 1. The topological polar surface area (TPSA) is 78.9 Å². The highest BCUT2D eigenvalue weighted by atomic mass is 32.2. The summed E-state index contributed by atoms with van der Waals surface area (Å²) in [6.07, 6.45) is 2.00. The van der Waals surface area contributed by atoms with Gasteiger partial charge >= 0.3 is 0 Å². The molecule has 4 rings (SSSR count). The Bertz CT molecular complexity index is 1110. The number of hydrogen-bond donors (Lipinski definition) is 0. The number of methoxy groups -OCH3 is 1. The zero-order chi connectivity index (χ0) is 19.5. The Morgan fingerprint density at radius 3 is 2.82 bits per heavy atom. The SMILES string of the molecule is COCc1c(-c2nc(-c3cccc(SC)c3)no2)nnn1-c1ccccc1F. The maximum atomic E-state index is 14.2. The Hall–Kier alpha value is -3.04. The molecule has 0 aliphatic carbocycles. The van der Waals surface area contributed by atoms with Crippen molar-refractivity contribution in [1.82, 2.24) is 25.1 Å². The number of aromatic nitrogens is 5. The van der Waals surface area contributed by atoms with Crippen molar-refractivity contribution in [1.29, 1.82) is 0 Å². The van der Waals surface area contributed by atoms with Crippen LogP contribution in [0.4, 0.5) is 4.39 Å². The van der Waals surface area contributed by atoms with Crippen molar-refractivity contribution in [2.45, 2.75) is 11.5 Å². The van der Waals surface area contributed by atoms with E-state index in [0.29, 0.717) is 17.2 Å². The average molecular weight is 397 g/mol. The van der Waals surface area contributed by atoms with Crippen molar-refractivity contribution in [2.24, 2.45) is 0 Å². The van der Waals surface area contributed by atoms with E-state index in [1.165, 1.54) is 17.9 Å². The summed E-state index contributed by atoms with van der Waals surface area (Å²) in [5.74, 6) is 0.213. The predicted octanol–water partition coefficient (Wildman–Crippen LogP) is 3.99. The van der Waals surface area contributed by atoms with Crippen molar-refractivity contribution in [2.75, 3.05) is 13.4 Å². The van der Waals surface area contributed by atoms with Crippen LogP contribution in [0.2, 0.25) is 0 Å². The van der Waals surface area contributed by atoms with Gasteiger partial charge in [0.05, 0.1) is 6.61 Å². The highest BCUT2D eigenvalue weighted by Crippen LogP contribution is 2.27. The first kappa shape index (κ1) is 18.3. The quantitative estimate of drug-likeness (QED) is 0.455. The summed E-state index contributed by atoms with van der Waals surface area (Å²) in [5, 5.41) is 12.2. The van der Waals surface area contributed by atoms with E-state index in [4.69, 9.17) is 9.26 Å². The molecule has 0 atom stereocenters. The molecule has 0 fully saturated rings. The van der Waals surface area contributed by atoms with Crippen LogP contribution in [-0.2, 0) is 11.3 Å². The molecular formula is C19H16FN5O2S. The predicted molar refractivity (Wildman–Crippen MR) is 103 cm³/mol. The molecule has 0 spiro atoms. The molecule has 0 N–H and O–H groups in total. The molecule has 0 bridgehead atoms. The van der Waals surface area contributed by atoms with Crippen LogP contribution in [-0.4, -0.2) is 38.5 Å². The van der Waals surface area contributed by atoms with Crippen LogP contribution < -0.4 is 0 Å². The summed E-state index contributed by atoms with van der Waals surface area (Å²) in [4.78, 5) is 5.54. The van der Waals surface area contributed by atoms with Crippen LogP contribution in [0.25, 0.3) is 28.7 Å². The van der Waals surface area contributed by atoms with E-state index in [1.54, 1.807) is 30.0 Å². The van der Waals surface area contributed by atoms with E-state index < -0.39 is 5.82 Å². The standard InChI is InChI=1S/C19H16FN5O2S/c1-26-11-16-17(22-24-25(16)15-9-4-3-8-14(15)20)19-21-18(23-27-19)12-6-5-7-13(10-12)28-2/h3-10H,11H2,1-2H3. The van der Waals surface area contributed by atoms with Gasteiger partial charge in [0, 0.05) is 17.6 Å². The van der Waals surface area contributed by atoms with Gasteiger partial charge < -0.3 is 9.26 Å². The first-order valence-electron chi connectivity index (χ1n) is 8.38. The minimum atomic E-state index is -0.420. The molecule has 4 aromatic rings. The molecule has 0 radical (unpaired) electrons. The maximum Gasteiger partial charge on any atom is 0.280 e. The van der Waals surface area contributed by atoms with Crippen molar-refractivity contribution < 1.29 is 13.7 Å². The first-order valence-corrected chi connectivity index (χ1v) is 9.60. The summed E-state index contributed by atoms with van der Waals surface area (Å²) >= 11 is 1.63. The fourth-order valence-electron chi connectivity index (χ4n) is 2.75. The van der Waals surface area contributed by atoms with Crippen molar-refractivity contribution in [3.05, 3.63) is 60.0 Å². The van der Waals surface area contributed by atoms with Gasteiger partial charge in [-0.25, -0.2) is 9.07 Å². The van der Waals surface area contributed by atoms with Gasteiger partial charge in [0.15, 0.2) is 5.69 Å². The van der Waals surface area contributed by atoms with Crippen molar-refractivity contribution in [3.8, 4) is 28.7 Å². The largest absolute Gasteiger partial charge is 0.378 e. The summed E-state index contributed by atoms with van der Waals surface area (Å²) in [6.45, 7) is 0.149. The van der Waals surface area contributed by atoms with Crippen LogP contribution in [0, 0.1) is 5.82 Å². The fourth-order valence-corrected chi connectivity index (χ4v) is 3.21. The molecule has 28 heavy (non-hydrogen) atoms. The lowest BCUT2D eigenvalue weighted by Gasteiger charge is -2.06. The zero-order valence-corrected chi connectivity index (χ0v) is 16.0. The van der Waals surface area contributed by atoms with Crippen LogP contribution in [0.5, 0.6) is 0 Å². The van der Waals surface area contributed by atoms with Gasteiger partial charge in [-0.15, -0.1) is 16.9 Å².